The van der Waals surface area contributed by atoms with E-state index in [0.29, 0.717) is 43.0 Å². The van der Waals surface area contributed by atoms with Crippen LogP contribution in [0.1, 0.15) is 60.2 Å². The first-order chi connectivity index (χ1) is 21.4. The first kappa shape index (κ1) is 29.6. The van der Waals surface area contributed by atoms with E-state index >= 15 is 0 Å². The van der Waals surface area contributed by atoms with Crippen molar-refractivity contribution >= 4 is 33.9 Å². The summed E-state index contributed by atoms with van der Waals surface area (Å²) in [4.78, 5) is 25.9. The number of benzene rings is 3. The quantitative estimate of drug-likeness (QED) is 0.174. The topological polar surface area (TPSA) is 84.6 Å². The number of fused-ring (bicyclic) bond motifs is 2. The van der Waals surface area contributed by atoms with Crippen LogP contribution in [0.2, 0.25) is 0 Å². The summed E-state index contributed by atoms with van der Waals surface area (Å²) in [6.45, 7) is 7.13. The van der Waals surface area contributed by atoms with Crippen LogP contribution < -0.4 is 0 Å². The Labute approximate surface area is 255 Å². The summed E-state index contributed by atoms with van der Waals surface area (Å²) in [6, 6.07) is 18.7. The summed E-state index contributed by atoms with van der Waals surface area (Å²) in [5.41, 5.74) is 6.56. The second kappa shape index (κ2) is 12.6. The molecule has 1 fully saturated rings. The molecule has 0 radical (unpaired) electrons. The molecular weight excluding hydrogens is 561 g/mol. The minimum Gasteiger partial charge on any atom is -0.466 e. The molecule has 44 heavy (non-hydrogen) atoms. The first-order valence-electron chi connectivity index (χ1n) is 15.1. The summed E-state index contributed by atoms with van der Waals surface area (Å²) < 4.78 is 34.6. The summed E-state index contributed by atoms with van der Waals surface area (Å²) in [5.74, 6) is -0.375. The summed E-state index contributed by atoms with van der Waals surface area (Å²) in [7, 11) is 0. The Bertz CT molecular complexity index is 1840. The predicted molar refractivity (Wildman–Crippen MR) is 166 cm³/mol. The molecule has 2 aromatic heterocycles. The number of ether oxygens (including phenoxy) is 3. The fourth-order valence-corrected chi connectivity index (χ4v) is 6.22. The number of esters is 1. The van der Waals surface area contributed by atoms with Gasteiger partial charge in [-0.25, -0.2) is 9.18 Å². The zero-order chi connectivity index (χ0) is 30.8. The number of aromatic nitrogens is 3. The van der Waals surface area contributed by atoms with Crippen molar-refractivity contribution in [2.45, 2.75) is 59.0 Å². The maximum absolute atomic E-state index is 14.4. The lowest BCUT2D eigenvalue weighted by Gasteiger charge is -2.26. The zero-order valence-corrected chi connectivity index (χ0v) is 25.3. The van der Waals surface area contributed by atoms with Gasteiger partial charge in [-0.15, -0.1) is 0 Å². The van der Waals surface area contributed by atoms with Gasteiger partial charge in [-0.3, -0.25) is 4.79 Å². The van der Waals surface area contributed by atoms with Crippen LogP contribution in [0.5, 0.6) is 0 Å². The number of carbonyl (C=O) groups is 2. The van der Waals surface area contributed by atoms with Gasteiger partial charge in [0.1, 0.15) is 12.4 Å². The molecule has 0 spiro atoms. The van der Waals surface area contributed by atoms with E-state index in [1.807, 2.05) is 55.5 Å². The standard InChI is InChI=1S/C35H36FN3O5/c1-4-43-33(40)13-11-27-29-20-32-28(23(3)37-39(32)35(41)44-21-24-8-6-5-7-9-24)19-31(29)38(26-10-12-30(36)22(2)18-26)34(27)25-14-16-42-17-15-25/h5-10,12,18-20,25H,4,11,13-17,21H2,1-3H3. The second-order valence-electron chi connectivity index (χ2n) is 11.2. The van der Waals surface area contributed by atoms with E-state index in [0.717, 1.165) is 51.6 Å². The fourth-order valence-electron chi connectivity index (χ4n) is 6.22. The maximum Gasteiger partial charge on any atom is 0.435 e. The van der Waals surface area contributed by atoms with Gasteiger partial charge in [0.25, 0.3) is 0 Å². The monoisotopic (exact) mass is 597 g/mol. The molecule has 0 atom stereocenters. The Morgan fingerprint density at radius 1 is 0.977 bits per heavy atom. The zero-order valence-electron chi connectivity index (χ0n) is 25.3. The van der Waals surface area contributed by atoms with Crippen LogP contribution >= 0.6 is 0 Å². The predicted octanol–water partition coefficient (Wildman–Crippen LogP) is 7.31. The number of hydrogen-bond acceptors (Lipinski definition) is 6. The number of carbonyl (C=O) groups excluding carboxylic acids is 2. The number of hydrogen-bond donors (Lipinski definition) is 0. The number of nitrogens with zero attached hydrogens (tertiary/aromatic N) is 3. The normalized spacial score (nSPS) is 13.9. The van der Waals surface area contributed by atoms with Crippen molar-refractivity contribution in [3.05, 3.63) is 94.6 Å². The van der Waals surface area contributed by atoms with E-state index in [1.54, 1.807) is 19.9 Å². The van der Waals surface area contributed by atoms with E-state index < -0.39 is 6.09 Å². The van der Waals surface area contributed by atoms with Gasteiger partial charge in [0.2, 0.25) is 0 Å². The van der Waals surface area contributed by atoms with Gasteiger partial charge >= 0.3 is 12.1 Å². The lowest BCUT2D eigenvalue weighted by Crippen LogP contribution is -2.18. The third-order valence-corrected chi connectivity index (χ3v) is 8.37. The van der Waals surface area contributed by atoms with E-state index in [2.05, 4.69) is 9.67 Å². The summed E-state index contributed by atoms with van der Waals surface area (Å²) in [5, 5.41) is 6.28. The minimum atomic E-state index is -0.572. The van der Waals surface area contributed by atoms with E-state index in [4.69, 9.17) is 14.2 Å². The highest BCUT2D eigenvalue weighted by Crippen LogP contribution is 2.41. The lowest BCUT2D eigenvalue weighted by molar-refractivity contribution is -0.143. The molecular formula is C35H36FN3O5. The molecule has 3 heterocycles. The van der Waals surface area contributed by atoms with Crippen molar-refractivity contribution in [3.63, 3.8) is 0 Å². The lowest BCUT2D eigenvalue weighted by atomic mass is 9.91. The maximum atomic E-state index is 14.4. The van der Waals surface area contributed by atoms with E-state index in [1.165, 1.54) is 10.7 Å². The van der Waals surface area contributed by atoms with E-state index in [9.17, 15) is 14.0 Å². The molecule has 9 heteroatoms. The van der Waals surface area contributed by atoms with Gasteiger partial charge in [0, 0.05) is 47.7 Å². The van der Waals surface area contributed by atoms with Gasteiger partial charge in [-0.2, -0.15) is 9.78 Å². The van der Waals surface area contributed by atoms with Crippen molar-refractivity contribution < 1.29 is 28.2 Å². The molecule has 0 saturated carbocycles. The minimum absolute atomic E-state index is 0.126. The number of rotatable bonds is 8. The highest BCUT2D eigenvalue weighted by atomic mass is 19.1. The van der Waals surface area contributed by atoms with Crippen molar-refractivity contribution in [1.82, 2.24) is 14.3 Å². The molecule has 0 aliphatic carbocycles. The fraction of sp³-hybridized carbons (Fsp3) is 0.343. The van der Waals surface area contributed by atoms with Crippen molar-refractivity contribution in [2.24, 2.45) is 0 Å². The van der Waals surface area contributed by atoms with Gasteiger partial charge < -0.3 is 18.8 Å². The van der Waals surface area contributed by atoms with Crippen molar-refractivity contribution in [2.75, 3.05) is 19.8 Å². The number of aryl methyl sites for hydroxylation is 3. The third kappa shape index (κ3) is 5.71. The molecule has 0 N–H and O–H groups in total. The van der Waals surface area contributed by atoms with E-state index in [-0.39, 0.29) is 30.7 Å². The Hall–Kier alpha value is -4.50. The van der Waals surface area contributed by atoms with Crippen LogP contribution in [0.25, 0.3) is 27.5 Å². The van der Waals surface area contributed by atoms with Crippen molar-refractivity contribution in [3.8, 4) is 5.69 Å². The largest absolute Gasteiger partial charge is 0.466 e. The molecule has 0 bridgehead atoms. The molecule has 228 valence electrons. The molecule has 3 aromatic carbocycles. The highest BCUT2D eigenvalue weighted by molar-refractivity contribution is 6.02. The molecule has 1 aliphatic heterocycles. The second-order valence-corrected chi connectivity index (χ2v) is 11.2. The van der Waals surface area contributed by atoms with Crippen LogP contribution in [0.15, 0.2) is 60.7 Å². The van der Waals surface area contributed by atoms with Crippen LogP contribution in [0.3, 0.4) is 0 Å². The SMILES string of the molecule is CCOC(=O)CCc1c(C2CCOCC2)n(-c2ccc(F)c(C)c2)c2cc3c(C)nn(C(=O)OCc4ccccc4)c3cc12. The summed E-state index contributed by atoms with van der Waals surface area (Å²) in [6.07, 6.45) is 1.73. The van der Waals surface area contributed by atoms with Gasteiger partial charge in [0.15, 0.2) is 0 Å². The Morgan fingerprint density at radius 2 is 1.73 bits per heavy atom. The van der Waals surface area contributed by atoms with Crippen LogP contribution in [0, 0.1) is 19.7 Å². The van der Waals surface area contributed by atoms with Gasteiger partial charge in [0.05, 0.1) is 23.3 Å². The Balaban J connectivity index is 1.55. The van der Waals surface area contributed by atoms with Gasteiger partial charge in [-0.1, -0.05) is 30.3 Å². The highest BCUT2D eigenvalue weighted by Gasteiger charge is 2.29. The first-order valence-corrected chi connectivity index (χ1v) is 15.1. The average molecular weight is 598 g/mol. The average Bonchev–Trinajstić information content (AvgIpc) is 3.54. The molecule has 0 amide bonds. The molecule has 0 unspecified atom stereocenters. The molecule has 1 aliphatic rings. The van der Waals surface area contributed by atoms with Gasteiger partial charge in [-0.05, 0) is 87.1 Å². The third-order valence-electron chi connectivity index (χ3n) is 8.37. The molecule has 8 nitrogen and oxygen atoms in total. The smallest absolute Gasteiger partial charge is 0.435 e. The van der Waals surface area contributed by atoms with Crippen molar-refractivity contribution in [1.29, 1.82) is 0 Å². The molecule has 6 rings (SSSR count). The van der Waals surface area contributed by atoms with Crippen LogP contribution in [0.4, 0.5) is 9.18 Å². The molecule has 1 saturated heterocycles. The van der Waals surface area contributed by atoms with Crippen LogP contribution in [-0.4, -0.2) is 46.2 Å². The Kier molecular flexibility index (Phi) is 8.48. The number of halogens is 1. The summed E-state index contributed by atoms with van der Waals surface area (Å²) >= 11 is 0. The Morgan fingerprint density at radius 3 is 2.45 bits per heavy atom. The van der Waals surface area contributed by atoms with Crippen LogP contribution in [-0.2, 0) is 32.0 Å². The molecule has 5 aromatic rings.